The predicted octanol–water partition coefficient (Wildman–Crippen LogP) is 5.62. The van der Waals surface area contributed by atoms with Crippen LogP contribution in [0.1, 0.15) is 65.7 Å². The maximum absolute atomic E-state index is 13.3. The molecular weight excluding hydrogens is 384 g/mol. The average Bonchev–Trinajstić information content (AvgIpc) is 3.09. The lowest BCUT2D eigenvalue weighted by molar-refractivity contribution is -0.137. The molecule has 1 aliphatic heterocycles. The third kappa shape index (κ3) is 3.01. The molecule has 1 unspecified atom stereocenters. The molecule has 1 aromatic carbocycles. The number of carbonyl (C=O) groups is 2. The molecule has 2 amide bonds. The van der Waals surface area contributed by atoms with E-state index in [0.717, 1.165) is 37.8 Å². The maximum Gasteiger partial charge on any atom is 0.228 e. The fourth-order valence-electron chi connectivity index (χ4n) is 8.29. The second-order valence-electron chi connectivity index (χ2n) is 11.1. The van der Waals surface area contributed by atoms with Gasteiger partial charge in [0.25, 0.3) is 0 Å². The maximum atomic E-state index is 13.3. The molecule has 4 nitrogen and oxygen atoms in total. The Labute approximate surface area is 186 Å². The molecule has 3 aliphatic carbocycles. The van der Waals surface area contributed by atoms with Gasteiger partial charge in [-0.3, -0.25) is 9.59 Å². The van der Waals surface area contributed by atoms with Crippen LogP contribution in [0.15, 0.2) is 41.6 Å². The lowest BCUT2D eigenvalue weighted by atomic mass is 9.48. The van der Waals surface area contributed by atoms with Gasteiger partial charge >= 0.3 is 0 Å². The van der Waals surface area contributed by atoms with E-state index in [-0.39, 0.29) is 28.6 Å². The molecule has 31 heavy (non-hydrogen) atoms. The molecule has 1 heterocycles. The number of para-hydroxylation sites is 1. The van der Waals surface area contributed by atoms with Crippen LogP contribution in [0.5, 0.6) is 0 Å². The summed E-state index contributed by atoms with van der Waals surface area (Å²) in [6.45, 7) is 7.06. The van der Waals surface area contributed by atoms with Crippen LogP contribution in [0.4, 0.5) is 5.69 Å². The molecular formula is C27H36N2O2. The molecule has 0 bridgehead atoms. The monoisotopic (exact) mass is 420 g/mol. The highest BCUT2D eigenvalue weighted by Gasteiger charge is 2.61. The van der Waals surface area contributed by atoms with Crippen LogP contribution in [0, 0.1) is 34.5 Å². The van der Waals surface area contributed by atoms with Crippen molar-refractivity contribution in [3.63, 3.8) is 0 Å². The van der Waals surface area contributed by atoms with Gasteiger partial charge in [-0.2, -0.15) is 0 Å². The highest BCUT2D eigenvalue weighted by Crippen LogP contribution is 2.66. The Morgan fingerprint density at radius 2 is 1.81 bits per heavy atom. The van der Waals surface area contributed by atoms with Crippen LogP contribution in [0.3, 0.4) is 0 Å². The average molecular weight is 421 g/mol. The number of hydrogen-bond donors (Lipinski definition) is 1. The molecule has 2 saturated carbocycles. The van der Waals surface area contributed by atoms with Gasteiger partial charge in [0.05, 0.1) is 0 Å². The van der Waals surface area contributed by atoms with Gasteiger partial charge in [0.15, 0.2) is 0 Å². The molecule has 0 spiro atoms. The van der Waals surface area contributed by atoms with E-state index in [1.165, 1.54) is 17.7 Å². The van der Waals surface area contributed by atoms with Gasteiger partial charge in [0.1, 0.15) is 0 Å². The summed E-state index contributed by atoms with van der Waals surface area (Å²) in [5, 5.41) is 3.19. The van der Waals surface area contributed by atoms with Crippen molar-refractivity contribution in [1.29, 1.82) is 0 Å². The van der Waals surface area contributed by atoms with Crippen molar-refractivity contribution >= 4 is 17.5 Å². The van der Waals surface area contributed by atoms with Crippen molar-refractivity contribution in [3.05, 3.63) is 41.6 Å². The first kappa shape index (κ1) is 20.8. The largest absolute Gasteiger partial charge is 0.326 e. The second kappa shape index (κ2) is 7.21. The zero-order chi connectivity index (χ0) is 22.0. The van der Waals surface area contributed by atoms with Crippen LogP contribution in [0.2, 0.25) is 0 Å². The lowest BCUT2D eigenvalue weighted by Gasteiger charge is -2.59. The van der Waals surface area contributed by atoms with Crippen LogP contribution in [-0.2, 0) is 9.59 Å². The Hall–Kier alpha value is -2.10. The molecule has 0 aromatic heterocycles. The normalized spacial score (nSPS) is 39.6. The topological polar surface area (TPSA) is 49.4 Å². The number of nitrogens with one attached hydrogen (secondary N) is 1. The fraction of sp³-hybridized carbons (Fsp3) is 0.630. The number of nitrogens with zero attached hydrogens (tertiary/aromatic N) is 1. The van der Waals surface area contributed by atoms with Gasteiger partial charge in [-0.1, -0.05) is 37.6 Å². The Morgan fingerprint density at radius 3 is 2.55 bits per heavy atom. The number of piperidine rings is 1. The van der Waals surface area contributed by atoms with Crippen molar-refractivity contribution in [2.45, 2.75) is 65.7 Å². The van der Waals surface area contributed by atoms with Crippen molar-refractivity contribution in [2.75, 3.05) is 12.4 Å². The summed E-state index contributed by atoms with van der Waals surface area (Å²) in [5.41, 5.74) is 3.79. The van der Waals surface area contributed by atoms with Gasteiger partial charge in [-0.05, 0) is 80.8 Å². The molecule has 4 heteroatoms. The van der Waals surface area contributed by atoms with E-state index in [2.05, 4.69) is 26.1 Å². The summed E-state index contributed by atoms with van der Waals surface area (Å²) < 4.78 is 0. The quantitative estimate of drug-likeness (QED) is 0.675. The third-order valence-corrected chi connectivity index (χ3v) is 9.67. The van der Waals surface area contributed by atoms with Crippen molar-refractivity contribution < 1.29 is 9.59 Å². The molecule has 6 atom stereocenters. The fourth-order valence-corrected chi connectivity index (χ4v) is 8.29. The minimum atomic E-state index is 0.0740. The van der Waals surface area contributed by atoms with E-state index in [4.69, 9.17) is 0 Å². The van der Waals surface area contributed by atoms with Gasteiger partial charge in [-0.15, -0.1) is 0 Å². The Morgan fingerprint density at radius 1 is 1.06 bits per heavy atom. The number of hydrogen-bond acceptors (Lipinski definition) is 2. The van der Waals surface area contributed by atoms with Crippen LogP contribution < -0.4 is 5.32 Å². The molecule has 1 N–H and O–H groups in total. The molecule has 1 aromatic rings. The van der Waals surface area contributed by atoms with Crippen LogP contribution in [-0.4, -0.2) is 23.8 Å². The highest BCUT2D eigenvalue weighted by atomic mass is 16.2. The number of benzene rings is 1. The minimum absolute atomic E-state index is 0.0740. The minimum Gasteiger partial charge on any atom is -0.326 e. The summed E-state index contributed by atoms with van der Waals surface area (Å²) in [6, 6.07) is 9.88. The third-order valence-electron chi connectivity index (χ3n) is 9.67. The van der Waals surface area contributed by atoms with Gasteiger partial charge in [0.2, 0.25) is 11.8 Å². The zero-order valence-electron chi connectivity index (χ0n) is 19.4. The lowest BCUT2D eigenvalue weighted by Crippen LogP contribution is -2.54. The first-order valence-corrected chi connectivity index (χ1v) is 12.1. The van der Waals surface area contributed by atoms with Crippen molar-refractivity contribution in [2.24, 2.45) is 34.5 Å². The van der Waals surface area contributed by atoms with Gasteiger partial charge in [0, 0.05) is 36.2 Å². The summed E-state index contributed by atoms with van der Waals surface area (Å²) >= 11 is 0. The standard InChI is InChI=1S/C27H36N2O2/c1-17-16-19-20-10-11-22(25(31)28-18-8-6-5-7-9-18)26(20,2)14-12-21(19)27(3)15-13-23(30)29(4)24(17)27/h5-9,19-22H,10-16H2,1-4H3,(H,28,31)/t19-,20-,21+,22?,26-,27+/m0/s1. The molecule has 166 valence electrons. The van der Waals surface area contributed by atoms with E-state index in [0.29, 0.717) is 24.2 Å². The number of carbonyl (C=O) groups excluding carboxylic acids is 2. The Balaban J connectivity index is 1.43. The molecule has 3 fully saturated rings. The molecule has 1 saturated heterocycles. The van der Waals surface area contributed by atoms with E-state index in [9.17, 15) is 9.59 Å². The summed E-state index contributed by atoms with van der Waals surface area (Å²) in [4.78, 5) is 27.7. The summed E-state index contributed by atoms with van der Waals surface area (Å²) in [6.07, 6.45) is 7.15. The highest BCUT2D eigenvalue weighted by molar-refractivity contribution is 5.93. The number of likely N-dealkylation sites (tertiary alicyclic amines) is 1. The number of amides is 2. The predicted molar refractivity (Wildman–Crippen MR) is 123 cm³/mol. The van der Waals surface area contributed by atoms with E-state index < -0.39 is 0 Å². The first-order valence-electron chi connectivity index (χ1n) is 12.1. The number of fused-ring (bicyclic) bond motifs is 5. The number of rotatable bonds is 2. The van der Waals surface area contributed by atoms with Crippen LogP contribution in [0.25, 0.3) is 0 Å². The summed E-state index contributed by atoms with van der Waals surface area (Å²) in [7, 11) is 1.98. The van der Waals surface area contributed by atoms with E-state index >= 15 is 0 Å². The Kier molecular flexibility index (Phi) is 4.84. The van der Waals surface area contributed by atoms with E-state index in [1.54, 1.807) is 0 Å². The second-order valence-corrected chi connectivity index (χ2v) is 11.1. The van der Waals surface area contributed by atoms with Crippen LogP contribution >= 0.6 is 0 Å². The van der Waals surface area contributed by atoms with Crippen molar-refractivity contribution in [1.82, 2.24) is 4.90 Å². The summed E-state index contributed by atoms with van der Waals surface area (Å²) in [5.74, 6) is 2.40. The first-order chi connectivity index (χ1) is 14.8. The Bertz CT molecular complexity index is 938. The smallest absolute Gasteiger partial charge is 0.228 e. The van der Waals surface area contributed by atoms with Crippen molar-refractivity contribution in [3.8, 4) is 0 Å². The molecule has 5 rings (SSSR count). The van der Waals surface area contributed by atoms with E-state index in [1.807, 2.05) is 42.3 Å². The zero-order valence-corrected chi connectivity index (χ0v) is 19.4. The number of anilines is 1. The molecule has 4 aliphatic rings. The van der Waals surface area contributed by atoms with Gasteiger partial charge in [-0.25, -0.2) is 0 Å². The number of allylic oxidation sites excluding steroid dienone is 2. The molecule has 0 radical (unpaired) electrons. The SMILES string of the molecule is CC1=C2N(C)C(=O)CC[C@]2(C)[C@@H]2CC[C@]3(C)C(C(=O)Nc4ccccc4)CC[C@H]3[C@@H]2C1. The van der Waals surface area contributed by atoms with Gasteiger partial charge < -0.3 is 10.2 Å².